The third kappa shape index (κ3) is 3.54. The number of aromatic nitrogens is 1. The van der Waals surface area contributed by atoms with Gasteiger partial charge in [-0.15, -0.1) is 0 Å². The van der Waals surface area contributed by atoms with Gasteiger partial charge in [0.25, 0.3) is 0 Å². The molecule has 0 saturated carbocycles. The van der Waals surface area contributed by atoms with Gasteiger partial charge >= 0.3 is 0 Å². The number of aryl methyl sites for hydroxylation is 3. The number of amides is 1. The smallest absolute Gasteiger partial charge is 0.244 e. The number of benzene rings is 2. The lowest BCUT2D eigenvalue weighted by molar-refractivity contribution is -0.120. The highest BCUT2D eigenvalue weighted by molar-refractivity contribution is 6.01. The summed E-state index contributed by atoms with van der Waals surface area (Å²) in [6.07, 6.45) is 2.08. The molecule has 26 heavy (non-hydrogen) atoms. The van der Waals surface area contributed by atoms with Crippen LogP contribution in [0.3, 0.4) is 0 Å². The highest BCUT2D eigenvalue weighted by atomic mass is 16.2. The van der Waals surface area contributed by atoms with Gasteiger partial charge < -0.3 is 4.57 Å². The number of fused-ring (bicyclic) bond motifs is 1. The summed E-state index contributed by atoms with van der Waals surface area (Å²) < 4.78 is 2.26. The van der Waals surface area contributed by atoms with Crippen molar-refractivity contribution in [2.24, 2.45) is 5.10 Å². The molecule has 3 aromatic rings. The first-order valence-corrected chi connectivity index (χ1v) is 8.97. The van der Waals surface area contributed by atoms with Gasteiger partial charge in [0.1, 0.15) is 0 Å². The van der Waals surface area contributed by atoms with E-state index in [1.807, 2.05) is 24.3 Å². The van der Waals surface area contributed by atoms with Crippen molar-refractivity contribution in [3.63, 3.8) is 0 Å². The summed E-state index contributed by atoms with van der Waals surface area (Å²) in [7, 11) is 0. The lowest BCUT2D eigenvalue weighted by Crippen LogP contribution is -2.19. The Balaban J connectivity index is 1.74. The van der Waals surface area contributed by atoms with E-state index in [4.69, 9.17) is 0 Å². The van der Waals surface area contributed by atoms with E-state index in [-0.39, 0.29) is 5.91 Å². The number of carbonyl (C=O) groups is 1. The number of nitrogens with one attached hydrogen (secondary N) is 1. The second-order valence-corrected chi connectivity index (χ2v) is 6.65. The van der Waals surface area contributed by atoms with Gasteiger partial charge in [0.2, 0.25) is 5.91 Å². The number of hydrogen-bond acceptors (Lipinski definition) is 2. The molecule has 0 aliphatic rings. The van der Waals surface area contributed by atoms with Crippen LogP contribution in [0.1, 0.15) is 34.9 Å². The first-order valence-electron chi connectivity index (χ1n) is 8.97. The standard InChI is InChI=1S/C22H25N3O/c1-5-25-17(4)20(19-8-6-7-9-21(19)25)14-23-24-22(26)13-18-11-10-15(2)16(3)12-18/h6-12,14H,5,13H2,1-4H3,(H,24,26)/b23-14-. The predicted octanol–water partition coefficient (Wildman–Crippen LogP) is 4.28. The van der Waals surface area contributed by atoms with Crippen LogP contribution in [0.2, 0.25) is 0 Å². The molecule has 1 amide bonds. The Morgan fingerprint density at radius 3 is 2.62 bits per heavy atom. The lowest BCUT2D eigenvalue weighted by Gasteiger charge is -2.04. The van der Waals surface area contributed by atoms with Gasteiger partial charge in [0, 0.05) is 28.7 Å². The Hall–Kier alpha value is -2.88. The molecule has 4 heteroatoms. The number of nitrogens with zero attached hydrogens (tertiary/aromatic N) is 2. The number of rotatable bonds is 5. The molecule has 0 aliphatic carbocycles. The average Bonchev–Trinajstić information content (AvgIpc) is 2.89. The Bertz CT molecular complexity index is 982. The number of carbonyl (C=O) groups excluding carboxylic acids is 1. The van der Waals surface area contributed by atoms with E-state index in [1.165, 1.54) is 16.6 Å². The lowest BCUT2D eigenvalue weighted by atomic mass is 10.0. The Labute approximate surface area is 154 Å². The maximum Gasteiger partial charge on any atom is 0.244 e. The van der Waals surface area contributed by atoms with Crippen LogP contribution >= 0.6 is 0 Å². The van der Waals surface area contributed by atoms with Crippen molar-refractivity contribution < 1.29 is 4.79 Å². The molecule has 1 N–H and O–H groups in total. The van der Waals surface area contributed by atoms with Crippen LogP contribution < -0.4 is 5.43 Å². The fourth-order valence-corrected chi connectivity index (χ4v) is 3.34. The van der Waals surface area contributed by atoms with Crippen LogP contribution in [0, 0.1) is 20.8 Å². The minimum atomic E-state index is -0.110. The number of hydrogen-bond donors (Lipinski definition) is 1. The predicted molar refractivity (Wildman–Crippen MR) is 108 cm³/mol. The molecular formula is C22H25N3O. The van der Waals surface area contributed by atoms with E-state index in [0.717, 1.165) is 28.8 Å². The van der Waals surface area contributed by atoms with E-state index in [2.05, 4.69) is 61.0 Å². The molecule has 0 bridgehead atoms. The van der Waals surface area contributed by atoms with E-state index < -0.39 is 0 Å². The molecule has 0 fully saturated rings. The summed E-state index contributed by atoms with van der Waals surface area (Å²) in [5.74, 6) is -0.110. The quantitative estimate of drug-likeness (QED) is 0.543. The molecule has 3 rings (SSSR count). The zero-order valence-corrected chi connectivity index (χ0v) is 15.8. The van der Waals surface area contributed by atoms with Crippen molar-refractivity contribution in [1.29, 1.82) is 0 Å². The number of para-hydroxylation sites is 1. The van der Waals surface area contributed by atoms with E-state index in [1.54, 1.807) is 6.21 Å². The van der Waals surface area contributed by atoms with Crippen molar-refractivity contribution in [2.45, 2.75) is 40.7 Å². The summed E-state index contributed by atoms with van der Waals surface area (Å²) >= 11 is 0. The van der Waals surface area contributed by atoms with Crippen LogP contribution in [0.5, 0.6) is 0 Å². The summed E-state index contributed by atoms with van der Waals surface area (Å²) in [6, 6.07) is 14.4. The Morgan fingerprint density at radius 1 is 1.12 bits per heavy atom. The summed E-state index contributed by atoms with van der Waals surface area (Å²) in [6.45, 7) is 9.24. The van der Waals surface area contributed by atoms with Crippen molar-refractivity contribution in [2.75, 3.05) is 0 Å². The second kappa shape index (κ2) is 7.56. The monoisotopic (exact) mass is 347 g/mol. The van der Waals surface area contributed by atoms with Crippen LogP contribution in [0.25, 0.3) is 10.9 Å². The van der Waals surface area contributed by atoms with Gasteiger partial charge in [0.15, 0.2) is 0 Å². The van der Waals surface area contributed by atoms with Crippen LogP contribution in [0.15, 0.2) is 47.6 Å². The Kier molecular flexibility index (Phi) is 5.21. The van der Waals surface area contributed by atoms with Crippen molar-refractivity contribution >= 4 is 23.0 Å². The van der Waals surface area contributed by atoms with Crippen molar-refractivity contribution in [3.8, 4) is 0 Å². The fourth-order valence-electron chi connectivity index (χ4n) is 3.34. The zero-order chi connectivity index (χ0) is 18.7. The molecule has 0 radical (unpaired) electrons. The summed E-state index contributed by atoms with van der Waals surface area (Å²) in [5.41, 5.74) is 9.48. The second-order valence-electron chi connectivity index (χ2n) is 6.65. The van der Waals surface area contributed by atoms with E-state index in [9.17, 15) is 4.79 Å². The molecule has 1 heterocycles. The zero-order valence-electron chi connectivity index (χ0n) is 15.8. The molecule has 0 aliphatic heterocycles. The molecule has 0 unspecified atom stereocenters. The fraction of sp³-hybridized carbons (Fsp3) is 0.273. The number of hydrazone groups is 1. The highest BCUT2D eigenvalue weighted by Gasteiger charge is 2.11. The van der Waals surface area contributed by atoms with Gasteiger partial charge in [-0.2, -0.15) is 5.10 Å². The molecule has 0 atom stereocenters. The van der Waals surface area contributed by atoms with Gasteiger partial charge in [-0.25, -0.2) is 5.43 Å². The molecule has 0 spiro atoms. The first kappa shape index (κ1) is 17.9. The van der Waals surface area contributed by atoms with Crippen LogP contribution in [-0.2, 0) is 17.8 Å². The van der Waals surface area contributed by atoms with Gasteiger partial charge in [-0.1, -0.05) is 36.4 Å². The summed E-state index contributed by atoms with van der Waals surface area (Å²) in [5, 5.41) is 5.35. The largest absolute Gasteiger partial charge is 0.344 e. The Morgan fingerprint density at radius 2 is 1.88 bits per heavy atom. The molecule has 0 saturated heterocycles. The van der Waals surface area contributed by atoms with Gasteiger partial charge in [0.05, 0.1) is 12.6 Å². The minimum Gasteiger partial charge on any atom is -0.344 e. The molecule has 2 aromatic carbocycles. The molecule has 1 aromatic heterocycles. The highest BCUT2D eigenvalue weighted by Crippen LogP contribution is 2.24. The van der Waals surface area contributed by atoms with Crippen LogP contribution in [0.4, 0.5) is 0 Å². The van der Waals surface area contributed by atoms with E-state index >= 15 is 0 Å². The van der Waals surface area contributed by atoms with Crippen molar-refractivity contribution in [1.82, 2.24) is 9.99 Å². The molecule has 4 nitrogen and oxygen atoms in total. The SMILES string of the molecule is CCn1c(C)c(/C=N\NC(=O)Cc2ccc(C)c(C)c2)c2ccccc21. The maximum atomic E-state index is 12.2. The third-order valence-electron chi connectivity index (χ3n) is 4.91. The minimum absolute atomic E-state index is 0.110. The van der Waals surface area contributed by atoms with Gasteiger partial charge in [-0.05, 0) is 50.5 Å². The van der Waals surface area contributed by atoms with Crippen LogP contribution in [-0.4, -0.2) is 16.7 Å². The van der Waals surface area contributed by atoms with E-state index in [0.29, 0.717) is 6.42 Å². The topological polar surface area (TPSA) is 46.4 Å². The average molecular weight is 347 g/mol. The third-order valence-corrected chi connectivity index (χ3v) is 4.91. The first-order chi connectivity index (χ1) is 12.5. The summed E-state index contributed by atoms with van der Waals surface area (Å²) in [4.78, 5) is 12.2. The maximum absolute atomic E-state index is 12.2. The molecular weight excluding hydrogens is 322 g/mol. The van der Waals surface area contributed by atoms with Crippen molar-refractivity contribution in [3.05, 3.63) is 70.4 Å². The molecule has 134 valence electrons. The normalized spacial score (nSPS) is 11.4. The van der Waals surface area contributed by atoms with Gasteiger partial charge in [-0.3, -0.25) is 4.79 Å².